The van der Waals surface area contributed by atoms with Gasteiger partial charge in [-0.15, -0.1) is 0 Å². The molecule has 1 fully saturated rings. The highest BCUT2D eigenvalue weighted by Crippen LogP contribution is 2.25. The molecule has 0 aromatic heterocycles. The lowest BCUT2D eigenvalue weighted by Gasteiger charge is -2.26. The van der Waals surface area contributed by atoms with Gasteiger partial charge < -0.3 is 0 Å². The van der Waals surface area contributed by atoms with Crippen LogP contribution in [0.25, 0.3) is 0 Å². The van der Waals surface area contributed by atoms with E-state index in [1.807, 2.05) is 13.8 Å². The van der Waals surface area contributed by atoms with Crippen LogP contribution in [0, 0.1) is 0 Å². The fourth-order valence-electron chi connectivity index (χ4n) is 3.22. The van der Waals surface area contributed by atoms with Crippen LogP contribution in [-0.2, 0) is 20.0 Å². The van der Waals surface area contributed by atoms with E-state index in [9.17, 15) is 16.8 Å². The predicted octanol–water partition coefficient (Wildman–Crippen LogP) is 2.29. The number of nitrogens with one attached hydrogen (secondary N) is 1. The highest BCUT2D eigenvalue weighted by atomic mass is 32.2. The third-order valence-electron chi connectivity index (χ3n) is 4.64. The quantitative estimate of drug-likeness (QED) is 0.741. The summed E-state index contributed by atoms with van der Waals surface area (Å²) in [5.74, 6) is 0.333. The Hall–Kier alpha value is -0.960. The summed E-state index contributed by atoms with van der Waals surface area (Å²) in [5.41, 5.74) is 1.07. The van der Waals surface area contributed by atoms with Gasteiger partial charge in [0.1, 0.15) is 0 Å². The van der Waals surface area contributed by atoms with E-state index in [4.69, 9.17) is 0 Å². The van der Waals surface area contributed by atoms with Crippen LogP contribution in [0.2, 0.25) is 0 Å². The number of hydrogen-bond donors (Lipinski definition) is 1. The second-order valence-electron chi connectivity index (χ2n) is 6.93. The second kappa shape index (κ2) is 8.16. The minimum Gasteiger partial charge on any atom is -0.212 e. The average Bonchev–Trinajstić information content (AvgIpc) is 3.04. The Kier molecular flexibility index (Phi) is 6.64. The first-order valence-electron chi connectivity index (χ1n) is 8.67. The zero-order chi connectivity index (χ0) is 18.7. The molecule has 1 aromatic carbocycles. The third-order valence-corrected chi connectivity index (χ3v) is 7.45. The smallest absolute Gasteiger partial charge is 0.212 e. The first-order valence-corrected chi connectivity index (χ1v) is 12.0. The summed E-state index contributed by atoms with van der Waals surface area (Å²) in [7, 11) is -6.99. The number of hydrogen-bond acceptors (Lipinski definition) is 4. The topological polar surface area (TPSA) is 83.6 Å². The molecule has 0 radical (unpaired) electrons. The van der Waals surface area contributed by atoms with Crippen LogP contribution in [0.3, 0.4) is 0 Å². The van der Waals surface area contributed by atoms with Crippen LogP contribution >= 0.6 is 0 Å². The van der Waals surface area contributed by atoms with E-state index in [0.717, 1.165) is 31.2 Å². The Balaban J connectivity index is 2.00. The molecule has 0 atom stereocenters. The van der Waals surface area contributed by atoms with Gasteiger partial charge in [-0.3, -0.25) is 0 Å². The largest absolute Gasteiger partial charge is 0.240 e. The van der Waals surface area contributed by atoms with E-state index >= 15 is 0 Å². The highest BCUT2D eigenvalue weighted by molar-refractivity contribution is 7.89. The molecule has 25 heavy (non-hydrogen) atoms. The molecule has 0 unspecified atom stereocenters. The molecule has 0 saturated heterocycles. The minimum absolute atomic E-state index is 0.00942. The summed E-state index contributed by atoms with van der Waals surface area (Å²) in [6.45, 7) is 4.32. The Labute approximate surface area is 151 Å². The van der Waals surface area contributed by atoms with Crippen molar-refractivity contribution in [1.29, 1.82) is 0 Å². The van der Waals surface area contributed by atoms with Crippen molar-refractivity contribution >= 4 is 20.0 Å². The van der Waals surface area contributed by atoms with E-state index < -0.39 is 20.0 Å². The first-order chi connectivity index (χ1) is 11.6. The molecule has 1 aromatic rings. The molecule has 0 spiro atoms. The third kappa shape index (κ3) is 5.51. The second-order valence-corrected chi connectivity index (χ2v) is 10.6. The highest BCUT2D eigenvalue weighted by Gasteiger charge is 2.29. The molecule has 1 saturated carbocycles. The van der Waals surface area contributed by atoms with E-state index in [-0.39, 0.29) is 24.0 Å². The molecule has 1 aliphatic rings. The van der Waals surface area contributed by atoms with Crippen LogP contribution in [-0.4, -0.2) is 46.5 Å². The number of rotatable bonds is 8. The summed E-state index contributed by atoms with van der Waals surface area (Å²) in [5, 5.41) is 0. The van der Waals surface area contributed by atoms with Gasteiger partial charge in [0.2, 0.25) is 20.0 Å². The van der Waals surface area contributed by atoms with Crippen molar-refractivity contribution in [2.75, 3.05) is 19.3 Å². The van der Waals surface area contributed by atoms with Crippen LogP contribution in [0.5, 0.6) is 0 Å². The summed E-state index contributed by atoms with van der Waals surface area (Å²) in [6, 6.07) is 6.78. The van der Waals surface area contributed by atoms with E-state index in [1.165, 1.54) is 10.6 Å². The molecule has 1 N–H and O–H groups in total. The van der Waals surface area contributed by atoms with Crippen molar-refractivity contribution in [2.24, 2.45) is 0 Å². The van der Waals surface area contributed by atoms with Gasteiger partial charge in [0.25, 0.3) is 0 Å². The fourth-order valence-corrected chi connectivity index (χ4v) is 5.41. The molecule has 6 nitrogen and oxygen atoms in total. The van der Waals surface area contributed by atoms with Gasteiger partial charge in [-0.25, -0.2) is 21.6 Å². The van der Waals surface area contributed by atoms with Crippen molar-refractivity contribution in [1.82, 2.24) is 9.03 Å². The molecule has 0 bridgehead atoms. The molecule has 1 aliphatic carbocycles. The number of sulfonamides is 2. The normalized spacial score (nSPS) is 16.8. The van der Waals surface area contributed by atoms with Gasteiger partial charge in [-0.2, -0.15) is 4.31 Å². The van der Waals surface area contributed by atoms with Crippen molar-refractivity contribution in [3.63, 3.8) is 0 Å². The zero-order valence-corrected chi connectivity index (χ0v) is 16.7. The van der Waals surface area contributed by atoms with Gasteiger partial charge in [-0.05, 0) is 36.5 Å². The standard InChI is InChI=1S/C17H28N2O4S2/c1-14(2)15-8-10-17(11-9-15)25(22,23)18-12-13-19(24(3,20)21)16-6-4-5-7-16/h8-11,14,16,18H,4-7,12-13H2,1-3H3. The molecule has 0 heterocycles. The molecular weight excluding hydrogens is 360 g/mol. The SMILES string of the molecule is CC(C)c1ccc(S(=O)(=O)NCCN(C2CCCC2)S(C)(=O)=O)cc1. The van der Waals surface area contributed by atoms with E-state index in [2.05, 4.69) is 4.72 Å². The molecule has 2 rings (SSSR count). The van der Waals surface area contributed by atoms with Crippen molar-refractivity contribution in [2.45, 2.75) is 56.4 Å². The summed E-state index contributed by atoms with van der Waals surface area (Å²) < 4.78 is 52.7. The van der Waals surface area contributed by atoms with Crippen molar-refractivity contribution in [3.05, 3.63) is 29.8 Å². The maximum Gasteiger partial charge on any atom is 0.240 e. The van der Waals surface area contributed by atoms with Crippen LogP contribution < -0.4 is 4.72 Å². The molecule has 8 heteroatoms. The van der Waals surface area contributed by atoms with Crippen LogP contribution in [0.15, 0.2) is 29.2 Å². The molecule has 0 amide bonds. The Morgan fingerprint density at radius 2 is 1.64 bits per heavy atom. The number of benzene rings is 1. The first kappa shape index (κ1) is 20.4. The Morgan fingerprint density at radius 3 is 2.12 bits per heavy atom. The number of nitrogens with zero attached hydrogens (tertiary/aromatic N) is 1. The predicted molar refractivity (Wildman–Crippen MR) is 99.5 cm³/mol. The van der Waals surface area contributed by atoms with Crippen LogP contribution in [0.4, 0.5) is 0 Å². The molecule has 0 aliphatic heterocycles. The summed E-state index contributed by atoms with van der Waals surface area (Å²) in [6.07, 6.45) is 4.91. The van der Waals surface area contributed by atoms with Gasteiger partial charge in [0, 0.05) is 19.1 Å². The van der Waals surface area contributed by atoms with Crippen molar-refractivity contribution in [3.8, 4) is 0 Å². The monoisotopic (exact) mass is 388 g/mol. The van der Waals surface area contributed by atoms with E-state index in [1.54, 1.807) is 24.3 Å². The maximum absolute atomic E-state index is 12.4. The minimum atomic E-state index is -3.64. The lowest BCUT2D eigenvalue weighted by Crippen LogP contribution is -2.43. The molecule has 142 valence electrons. The fraction of sp³-hybridized carbons (Fsp3) is 0.647. The van der Waals surface area contributed by atoms with Gasteiger partial charge in [-0.1, -0.05) is 38.8 Å². The lowest BCUT2D eigenvalue weighted by atomic mass is 10.0. The zero-order valence-electron chi connectivity index (χ0n) is 15.1. The Morgan fingerprint density at radius 1 is 1.08 bits per heavy atom. The summed E-state index contributed by atoms with van der Waals surface area (Å²) >= 11 is 0. The summed E-state index contributed by atoms with van der Waals surface area (Å²) in [4.78, 5) is 0.198. The van der Waals surface area contributed by atoms with Gasteiger partial charge >= 0.3 is 0 Å². The van der Waals surface area contributed by atoms with Gasteiger partial charge in [0.05, 0.1) is 11.2 Å². The lowest BCUT2D eigenvalue weighted by molar-refractivity contribution is 0.328. The maximum atomic E-state index is 12.4. The molecular formula is C17H28N2O4S2. The average molecular weight is 389 g/mol. The van der Waals surface area contributed by atoms with Crippen molar-refractivity contribution < 1.29 is 16.8 Å². The van der Waals surface area contributed by atoms with Crippen LogP contribution in [0.1, 0.15) is 51.0 Å². The van der Waals surface area contributed by atoms with Gasteiger partial charge in [0.15, 0.2) is 0 Å². The van der Waals surface area contributed by atoms with E-state index in [0.29, 0.717) is 5.92 Å². The Bertz CT molecular complexity index is 765.